The van der Waals surface area contributed by atoms with Gasteiger partial charge in [-0.25, -0.2) is 4.39 Å². The molecular formula is C11H17FN2. The van der Waals surface area contributed by atoms with Crippen molar-refractivity contribution >= 4 is 0 Å². The zero-order valence-corrected chi connectivity index (χ0v) is 8.27. The third-order valence-electron chi connectivity index (χ3n) is 3.03. The Labute approximate surface area is 84.3 Å². The van der Waals surface area contributed by atoms with Crippen molar-refractivity contribution in [3.05, 3.63) is 24.3 Å². The maximum Gasteiger partial charge on any atom is 0.118 e. The summed E-state index contributed by atoms with van der Waals surface area (Å²) in [6.07, 6.45) is 9.23. The molecule has 0 saturated carbocycles. The third-order valence-corrected chi connectivity index (χ3v) is 3.03. The number of allylic oxidation sites excluding steroid dienone is 2. The van der Waals surface area contributed by atoms with E-state index in [1.54, 1.807) is 0 Å². The number of piperidine rings is 1. The van der Waals surface area contributed by atoms with Crippen LogP contribution in [0.3, 0.4) is 0 Å². The number of likely N-dealkylation sites (tertiary alicyclic amines) is 1. The van der Waals surface area contributed by atoms with E-state index >= 15 is 0 Å². The molecule has 1 fully saturated rings. The first kappa shape index (κ1) is 9.87. The van der Waals surface area contributed by atoms with E-state index in [9.17, 15) is 4.39 Å². The van der Waals surface area contributed by atoms with Gasteiger partial charge in [0.15, 0.2) is 0 Å². The molecule has 0 spiro atoms. The minimum Gasteiger partial charge on any atom is -0.324 e. The van der Waals surface area contributed by atoms with Crippen molar-refractivity contribution in [2.75, 3.05) is 13.1 Å². The van der Waals surface area contributed by atoms with E-state index in [1.807, 2.05) is 0 Å². The zero-order valence-electron chi connectivity index (χ0n) is 8.27. The maximum atomic E-state index is 13.1. The molecule has 0 amide bonds. The molecule has 1 heterocycles. The second-order valence-corrected chi connectivity index (χ2v) is 4.08. The number of halogens is 1. The maximum absolute atomic E-state index is 13.1. The second-order valence-electron chi connectivity index (χ2n) is 4.08. The largest absolute Gasteiger partial charge is 0.324 e. The van der Waals surface area contributed by atoms with Gasteiger partial charge < -0.3 is 5.73 Å². The van der Waals surface area contributed by atoms with Crippen molar-refractivity contribution in [1.82, 2.24) is 4.90 Å². The SMILES string of the molecule is N[C@@H]1CN(C2C=CC=CC2)CC[C@H]1F. The second kappa shape index (κ2) is 4.24. The third kappa shape index (κ3) is 2.04. The van der Waals surface area contributed by atoms with Gasteiger partial charge in [0.05, 0.1) is 0 Å². The molecular weight excluding hydrogens is 179 g/mol. The van der Waals surface area contributed by atoms with Gasteiger partial charge in [0.1, 0.15) is 6.17 Å². The lowest BCUT2D eigenvalue weighted by Gasteiger charge is -2.37. The number of hydrogen-bond acceptors (Lipinski definition) is 2. The smallest absolute Gasteiger partial charge is 0.118 e. The molecule has 3 atom stereocenters. The molecule has 1 aliphatic carbocycles. The van der Waals surface area contributed by atoms with Gasteiger partial charge in [-0.3, -0.25) is 4.90 Å². The lowest BCUT2D eigenvalue weighted by atomic mass is 9.99. The van der Waals surface area contributed by atoms with Crippen LogP contribution in [0.4, 0.5) is 4.39 Å². The average molecular weight is 196 g/mol. The Morgan fingerprint density at radius 1 is 1.36 bits per heavy atom. The van der Waals surface area contributed by atoms with E-state index in [0.29, 0.717) is 19.0 Å². The minimum atomic E-state index is -0.811. The Morgan fingerprint density at radius 3 is 2.86 bits per heavy atom. The van der Waals surface area contributed by atoms with Gasteiger partial charge in [-0.05, 0) is 12.8 Å². The number of rotatable bonds is 1. The molecule has 0 aromatic heterocycles. The van der Waals surface area contributed by atoms with E-state index in [-0.39, 0.29) is 6.04 Å². The topological polar surface area (TPSA) is 29.3 Å². The van der Waals surface area contributed by atoms with Crippen LogP contribution in [0.2, 0.25) is 0 Å². The summed E-state index contributed by atoms with van der Waals surface area (Å²) in [5.74, 6) is 0. The molecule has 0 bridgehead atoms. The summed E-state index contributed by atoms with van der Waals surface area (Å²) in [5.41, 5.74) is 5.72. The molecule has 0 aromatic carbocycles. The van der Waals surface area contributed by atoms with E-state index in [1.165, 1.54) is 0 Å². The number of nitrogens with two attached hydrogens (primary N) is 1. The first-order chi connectivity index (χ1) is 6.77. The number of nitrogens with zero attached hydrogens (tertiary/aromatic N) is 1. The van der Waals surface area contributed by atoms with Gasteiger partial charge in [-0.2, -0.15) is 0 Å². The average Bonchev–Trinajstić information content (AvgIpc) is 2.23. The monoisotopic (exact) mass is 196 g/mol. The molecule has 1 unspecified atom stereocenters. The zero-order chi connectivity index (χ0) is 9.97. The molecule has 2 N–H and O–H groups in total. The first-order valence-corrected chi connectivity index (χ1v) is 5.24. The molecule has 2 nitrogen and oxygen atoms in total. The molecule has 1 aliphatic heterocycles. The standard InChI is InChI=1S/C11H17FN2/c12-10-6-7-14(8-11(10)13)9-4-2-1-3-5-9/h1-4,9-11H,5-8,13H2/t9?,10-,11-/m1/s1. The summed E-state index contributed by atoms with van der Waals surface area (Å²) in [6.45, 7) is 1.52. The summed E-state index contributed by atoms with van der Waals surface area (Å²) in [6, 6.07) is 0.126. The van der Waals surface area contributed by atoms with Crippen LogP contribution >= 0.6 is 0 Å². The summed E-state index contributed by atoms with van der Waals surface area (Å²) in [7, 11) is 0. The lowest BCUT2D eigenvalue weighted by molar-refractivity contribution is 0.108. The highest BCUT2D eigenvalue weighted by atomic mass is 19.1. The number of hydrogen-bond donors (Lipinski definition) is 1. The predicted molar refractivity (Wildman–Crippen MR) is 55.7 cm³/mol. The van der Waals surface area contributed by atoms with Crippen LogP contribution in [-0.4, -0.2) is 36.2 Å². The molecule has 78 valence electrons. The highest BCUT2D eigenvalue weighted by Crippen LogP contribution is 2.19. The molecule has 1 saturated heterocycles. The first-order valence-electron chi connectivity index (χ1n) is 5.24. The van der Waals surface area contributed by atoms with Gasteiger partial charge in [0.25, 0.3) is 0 Å². The molecule has 2 aliphatic rings. The van der Waals surface area contributed by atoms with Crippen molar-refractivity contribution in [3.8, 4) is 0 Å². The molecule has 14 heavy (non-hydrogen) atoms. The van der Waals surface area contributed by atoms with Crippen molar-refractivity contribution in [2.24, 2.45) is 5.73 Å². The minimum absolute atomic E-state index is 0.303. The molecule has 0 aromatic rings. The summed E-state index contributed by atoms with van der Waals surface area (Å²) >= 11 is 0. The molecule has 3 heteroatoms. The highest BCUT2D eigenvalue weighted by Gasteiger charge is 2.29. The van der Waals surface area contributed by atoms with Crippen LogP contribution in [0, 0.1) is 0 Å². The fourth-order valence-electron chi connectivity index (χ4n) is 2.12. The van der Waals surface area contributed by atoms with Gasteiger partial charge in [0.2, 0.25) is 0 Å². The van der Waals surface area contributed by atoms with Crippen molar-refractivity contribution in [1.29, 1.82) is 0 Å². The van der Waals surface area contributed by atoms with E-state index < -0.39 is 6.17 Å². The van der Waals surface area contributed by atoms with Gasteiger partial charge in [-0.15, -0.1) is 0 Å². The number of alkyl halides is 1. The Hall–Kier alpha value is -0.670. The van der Waals surface area contributed by atoms with E-state index in [4.69, 9.17) is 5.73 Å². The normalized spacial score (nSPS) is 38.9. The van der Waals surface area contributed by atoms with Crippen LogP contribution in [0.15, 0.2) is 24.3 Å². The van der Waals surface area contributed by atoms with Crippen molar-refractivity contribution < 1.29 is 4.39 Å². The predicted octanol–water partition coefficient (Wildman–Crippen LogP) is 1.24. The summed E-state index contributed by atoms with van der Waals surface area (Å²) in [5, 5.41) is 0. The Balaban J connectivity index is 1.93. The van der Waals surface area contributed by atoms with Crippen LogP contribution in [0.5, 0.6) is 0 Å². The lowest BCUT2D eigenvalue weighted by Crippen LogP contribution is -2.52. The quantitative estimate of drug-likeness (QED) is 0.683. The van der Waals surface area contributed by atoms with Gasteiger partial charge >= 0.3 is 0 Å². The highest BCUT2D eigenvalue weighted by molar-refractivity contribution is 5.14. The van der Waals surface area contributed by atoms with Crippen LogP contribution in [0.25, 0.3) is 0 Å². The van der Waals surface area contributed by atoms with Crippen LogP contribution in [-0.2, 0) is 0 Å². The Morgan fingerprint density at radius 2 is 2.21 bits per heavy atom. The molecule has 2 rings (SSSR count). The Bertz CT molecular complexity index is 250. The van der Waals surface area contributed by atoms with Crippen molar-refractivity contribution in [2.45, 2.75) is 31.1 Å². The fourth-order valence-corrected chi connectivity index (χ4v) is 2.12. The summed E-state index contributed by atoms with van der Waals surface area (Å²) in [4.78, 5) is 2.28. The Kier molecular flexibility index (Phi) is 2.99. The van der Waals surface area contributed by atoms with Crippen LogP contribution in [0.1, 0.15) is 12.8 Å². The van der Waals surface area contributed by atoms with Gasteiger partial charge in [-0.1, -0.05) is 24.3 Å². The summed E-state index contributed by atoms with van der Waals surface area (Å²) < 4.78 is 13.1. The molecule has 0 radical (unpaired) electrons. The fraction of sp³-hybridized carbons (Fsp3) is 0.636. The van der Waals surface area contributed by atoms with E-state index in [0.717, 1.165) is 13.0 Å². The van der Waals surface area contributed by atoms with E-state index in [2.05, 4.69) is 29.2 Å². The van der Waals surface area contributed by atoms with Gasteiger partial charge in [0, 0.05) is 25.2 Å². The van der Waals surface area contributed by atoms with Crippen molar-refractivity contribution in [3.63, 3.8) is 0 Å². The van der Waals surface area contributed by atoms with Crippen LogP contribution < -0.4 is 5.73 Å².